The number of hydrogen-bond acceptors (Lipinski definition) is 2. The molecule has 3 rings (SSSR count). The zero-order valence-corrected chi connectivity index (χ0v) is 16.1. The third-order valence-electron chi connectivity index (χ3n) is 4.71. The zero-order chi connectivity index (χ0) is 17.3. The number of hydrogen-bond donors (Lipinski definition) is 1. The molecule has 2 unspecified atom stereocenters. The van der Waals surface area contributed by atoms with E-state index in [2.05, 4.69) is 29.6 Å². The van der Waals surface area contributed by atoms with Crippen LogP contribution in [0, 0.1) is 0 Å². The van der Waals surface area contributed by atoms with Crippen LogP contribution in [0.3, 0.4) is 0 Å². The molecule has 0 saturated carbocycles. The monoisotopic (exact) mass is 381 g/mol. The Hall–Kier alpha value is -0.870. The van der Waals surface area contributed by atoms with E-state index in [0.29, 0.717) is 27.8 Å². The standard InChI is InChI=1S/C19H21Cl2NOS/c1-22-19-8-6-14(13-4-7-17(20)18(21)10-13)15-5-3-12(9-16(15)19)11-24(2)23/h3-5,7,9-10,14,19,22H,6,8,11H2,1-2H3/t14?,19-,24?/m0/s1. The molecule has 2 aromatic carbocycles. The molecule has 2 nitrogen and oxygen atoms in total. The van der Waals surface area contributed by atoms with Crippen LogP contribution in [-0.4, -0.2) is 17.5 Å². The van der Waals surface area contributed by atoms with E-state index >= 15 is 0 Å². The molecular formula is C19H21Cl2NOS. The predicted octanol–water partition coefficient (Wildman–Crippen LogP) is 5.06. The lowest BCUT2D eigenvalue weighted by molar-refractivity contribution is 0.470. The number of rotatable bonds is 4. The van der Waals surface area contributed by atoms with Gasteiger partial charge in [-0.15, -0.1) is 0 Å². The highest BCUT2D eigenvalue weighted by atomic mass is 35.5. The van der Waals surface area contributed by atoms with Gasteiger partial charge in [0.05, 0.1) is 10.0 Å². The lowest BCUT2D eigenvalue weighted by Gasteiger charge is -2.32. The highest BCUT2D eigenvalue weighted by molar-refractivity contribution is 7.83. The summed E-state index contributed by atoms with van der Waals surface area (Å²) in [5.41, 5.74) is 4.96. The fraction of sp³-hybridized carbons (Fsp3) is 0.368. The molecule has 24 heavy (non-hydrogen) atoms. The Morgan fingerprint density at radius 2 is 1.88 bits per heavy atom. The van der Waals surface area contributed by atoms with Gasteiger partial charge in [-0.3, -0.25) is 4.21 Å². The molecule has 5 heteroatoms. The summed E-state index contributed by atoms with van der Waals surface area (Å²) in [6.45, 7) is 0. The Kier molecular flexibility index (Phi) is 5.66. The summed E-state index contributed by atoms with van der Waals surface area (Å²) in [6.07, 6.45) is 3.87. The summed E-state index contributed by atoms with van der Waals surface area (Å²) < 4.78 is 11.6. The minimum absolute atomic E-state index is 0.320. The van der Waals surface area contributed by atoms with Crippen molar-refractivity contribution in [3.8, 4) is 0 Å². The van der Waals surface area contributed by atoms with Gasteiger partial charge in [0.15, 0.2) is 0 Å². The van der Waals surface area contributed by atoms with Crippen molar-refractivity contribution in [3.63, 3.8) is 0 Å². The molecule has 0 spiro atoms. The summed E-state index contributed by atoms with van der Waals surface area (Å²) in [6, 6.07) is 12.8. The minimum Gasteiger partial charge on any atom is -0.313 e. The van der Waals surface area contributed by atoms with Crippen molar-refractivity contribution in [2.75, 3.05) is 13.3 Å². The van der Waals surface area contributed by atoms with Crippen molar-refractivity contribution >= 4 is 34.0 Å². The molecule has 0 bridgehead atoms. The van der Waals surface area contributed by atoms with E-state index in [4.69, 9.17) is 23.2 Å². The molecule has 2 aromatic rings. The number of halogens is 2. The van der Waals surface area contributed by atoms with E-state index < -0.39 is 10.8 Å². The highest BCUT2D eigenvalue weighted by Crippen LogP contribution is 2.42. The van der Waals surface area contributed by atoms with Crippen molar-refractivity contribution in [1.82, 2.24) is 5.32 Å². The van der Waals surface area contributed by atoms with E-state index in [9.17, 15) is 4.21 Å². The van der Waals surface area contributed by atoms with Gasteiger partial charge >= 0.3 is 0 Å². The third kappa shape index (κ3) is 3.70. The topological polar surface area (TPSA) is 29.1 Å². The molecule has 0 fully saturated rings. The molecule has 1 N–H and O–H groups in total. The van der Waals surface area contributed by atoms with E-state index in [1.54, 1.807) is 6.26 Å². The zero-order valence-electron chi connectivity index (χ0n) is 13.8. The first-order valence-electron chi connectivity index (χ1n) is 8.04. The molecule has 3 atom stereocenters. The number of nitrogens with one attached hydrogen (secondary N) is 1. The van der Waals surface area contributed by atoms with Crippen molar-refractivity contribution in [2.45, 2.75) is 30.6 Å². The van der Waals surface area contributed by atoms with E-state index in [-0.39, 0.29) is 0 Å². The Balaban J connectivity index is 2.03. The fourth-order valence-electron chi connectivity index (χ4n) is 3.59. The Morgan fingerprint density at radius 1 is 1.08 bits per heavy atom. The maximum atomic E-state index is 11.6. The molecule has 0 aromatic heterocycles. The second-order valence-corrected chi connectivity index (χ2v) is 8.58. The Bertz CT molecular complexity index is 778. The van der Waals surface area contributed by atoms with E-state index in [1.807, 2.05) is 19.2 Å². The molecule has 1 aliphatic carbocycles. The normalized spacial score (nSPS) is 21.3. The second kappa shape index (κ2) is 7.57. The molecule has 0 heterocycles. The van der Waals surface area contributed by atoms with Crippen LogP contribution in [-0.2, 0) is 16.6 Å². The van der Waals surface area contributed by atoms with Gasteiger partial charge in [0, 0.05) is 34.8 Å². The molecule has 128 valence electrons. The molecule has 0 radical (unpaired) electrons. The second-order valence-electron chi connectivity index (χ2n) is 6.33. The summed E-state index contributed by atoms with van der Waals surface area (Å²) >= 11 is 12.3. The summed E-state index contributed by atoms with van der Waals surface area (Å²) in [4.78, 5) is 0. The van der Waals surface area contributed by atoms with Crippen LogP contribution in [0.1, 0.15) is 47.1 Å². The Labute approximate surface area is 156 Å². The number of benzene rings is 2. The van der Waals surface area contributed by atoms with Gasteiger partial charge in [0.2, 0.25) is 0 Å². The molecule has 0 saturated heterocycles. The first-order chi connectivity index (χ1) is 11.5. The van der Waals surface area contributed by atoms with Crippen molar-refractivity contribution in [3.05, 3.63) is 68.7 Å². The van der Waals surface area contributed by atoms with Gasteiger partial charge in [-0.2, -0.15) is 0 Å². The first kappa shape index (κ1) is 17.9. The largest absolute Gasteiger partial charge is 0.313 e. The van der Waals surface area contributed by atoms with Gasteiger partial charge in [0.1, 0.15) is 0 Å². The van der Waals surface area contributed by atoms with Crippen LogP contribution in [0.4, 0.5) is 0 Å². The van der Waals surface area contributed by atoms with Crippen molar-refractivity contribution < 1.29 is 4.21 Å². The average molecular weight is 382 g/mol. The maximum Gasteiger partial charge on any atom is 0.0595 e. The lowest BCUT2D eigenvalue weighted by atomic mass is 9.76. The molecule has 1 aliphatic rings. The van der Waals surface area contributed by atoms with Gasteiger partial charge in [-0.05, 0) is 54.3 Å². The predicted molar refractivity (Wildman–Crippen MR) is 104 cm³/mol. The molecule has 0 amide bonds. The Morgan fingerprint density at radius 3 is 2.54 bits per heavy atom. The average Bonchev–Trinajstić information content (AvgIpc) is 2.55. The molecular weight excluding hydrogens is 361 g/mol. The summed E-state index contributed by atoms with van der Waals surface area (Å²) in [5.74, 6) is 0.918. The summed E-state index contributed by atoms with van der Waals surface area (Å²) in [7, 11) is 1.17. The molecule has 0 aliphatic heterocycles. The van der Waals surface area contributed by atoms with Crippen LogP contribution in [0.5, 0.6) is 0 Å². The fourth-order valence-corrected chi connectivity index (χ4v) is 4.54. The third-order valence-corrected chi connectivity index (χ3v) is 6.19. The minimum atomic E-state index is -0.834. The SMILES string of the molecule is CN[C@H]1CCC(c2ccc(Cl)c(Cl)c2)c2ccc(CS(C)=O)cc21. The van der Waals surface area contributed by atoms with Crippen LogP contribution < -0.4 is 5.32 Å². The first-order valence-corrected chi connectivity index (χ1v) is 10.5. The van der Waals surface area contributed by atoms with Crippen LogP contribution in [0.25, 0.3) is 0 Å². The van der Waals surface area contributed by atoms with Crippen LogP contribution in [0.2, 0.25) is 10.0 Å². The van der Waals surface area contributed by atoms with Gasteiger partial charge in [-0.25, -0.2) is 0 Å². The lowest BCUT2D eigenvalue weighted by Crippen LogP contribution is -2.24. The van der Waals surface area contributed by atoms with Gasteiger partial charge in [-0.1, -0.05) is 47.5 Å². The maximum absolute atomic E-state index is 11.6. The highest BCUT2D eigenvalue weighted by Gasteiger charge is 2.28. The quantitative estimate of drug-likeness (QED) is 0.801. The van der Waals surface area contributed by atoms with E-state index in [0.717, 1.165) is 18.4 Å². The smallest absolute Gasteiger partial charge is 0.0595 e. The number of fused-ring (bicyclic) bond motifs is 1. The summed E-state index contributed by atoms with van der Waals surface area (Å²) in [5, 5.41) is 4.60. The van der Waals surface area contributed by atoms with Gasteiger partial charge < -0.3 is 5.32 Å². The van der Waals surface area contributed by atoms with Crippen molar-refractivity contribution in [1.29, 1.82) is 0 Å². The van der Waals surface area contributed by atoms with Crippen LogP contribution >= 0.6 is 23.2 Å². The van der Waals surface area contributed by atoms with Crippen LogP contribution in [0.15, 0.2) is 36.4 Å². The van der Waals surface area contributed by atoms with E-state index in [1.165, 1.54) is 16.7 Å². The van der Waals surface area contributed by atoms with Gasteiger partial charge in [0.25, 0.3) is 0 Å². The van der Waals surface area contributed by atoms with Crippen molar-refractivity contribution in [2.24, 2.45) is 0 Å².